The highest BCUT2D eigenvalue weighted by molar-refractivity contribution is 7.80. The van der Waals surface area contributed by atoms with Crippen LogP contribution in [0.2, 0.25) is 0 Å². The molecule has 2 rings (SSSR count). The van der Waals surface area contributed by atoms with E-state index in [4.69, 9.17) is 22.7 Å². The van der Waals surface area contributed by atoms with Crippen LogP contribution < -0.4 is 5.73 Å². The lowest BCUT2D eigenvalue weighted by atomic mass is 10.1. The summed E-state index contributed by atoms with van der Waals surface area (Å²) in [7, 11) is 0. The van der Waals surface area contributed by atoms with Gasteiger partial charge in [-0.3, -0.25) is 4.90 Å². The summed E-state index contributed by atoms with van der Waals surface area (Å²) >= 11 is 4.84. The number of hydrogen-bond donors (Lipinski definition) is 1. The smallest absolute Gasteiger partial charge is 0.0750 e. The first-order valence-electron chi connectivity index (χ1n) is 6.90. The molecule has 4 heteroatoms. The maximum Gasteiger partial charge on any atom is 0.0750 e. The first kappa shape index (κ1) is 14.4. The highest BCUT2D eigenvalue weighted by atomic mass is 32.1. The molecule has 0 amide bonds. The molecule has 104 valence electrons. The predicted molar refractivity (Wildman–Crippen MR) is 82.1 cm³/mol. The number of benzene rings is 1. The number of thiocarbonyl (C=S) groups is 1. The molecule has 19 heavy (non-hydrogen) atoms. The molecule has 1 fully saturated rings. The Bertz CT molecular complexity index is 388. The van der Waals surface area contributed by atoms with Gasteiger partial charge in [-0.15, -0.1) is 0 Å². The molecule has 3 nitrogen and oxygen atoms in total. The third-order valence-electron chi connectivity index (χ3n) is 3.49. The van der Waals surface area contributed by atoms with Gasteiger partial charge in [0.25, 0.3) is 0 Å². The van der Waals surface area contributed by atoms with Crippen molar-refractivity contribution in [3.8, 4) is 0 Å². The Hall–Kier alpha value is -0.970. The summed E-state index contributed by atoms with van der Waals surface area (Å²) in [6.07, 6.45) is 3.27. The number of piperidine rings is 1. The lowest BCUT2D eigenvalue weighted by Gasteiger charge is -2.31. The molecule has 0 bridgehead atoms. The van der Waals surface area contributed by atoms with Gasteiger partial charge in [0.1, 0.15) is 0 Å². The van der Waals surface area contributed by atoms with E-state index in [0.717, 1.165) is 32.5 Å². The van der Waals surface area contributed by atoms with Crippen molar-refractivity contribution in [3.05, 3.63) is 35.9 Å². The van der Waals surface area contributed by atoms with Crippen molar-refractivity contribution >= 4 is 17.2 Å². The maximum absolute atomic E-state index is 5.80. The van der Waals surface area contributed by atoms with Crippen LogP contribution in [0.5, 0.6) is 0 Å². The SMILES string of the molecule is NC(=S)CCOC1CCN(Cc2ccccc2)CC1. The van der Waals surface area contributed by atoms with E-state index in [2.05, 4.69) is 35.2 Å². The molecule has 2 N–H and O–H groups in total. The molecule has 1 saturated heterocycles. The second-order valence-electron chi connectivity index (χ2n) is 5.05. The second kappa shape index (κ2) is 7.58. The molecule has 1 aliphatic heterocycles. The molecular weight excluding hydrogens is 256 g/mol. The highest BCUT2D eigenvalue weighted by Crippen LogP contribution is 2.16. The Morgan fingerprint density at radius 2 is 1.95 bits per heavy atom. The van der Waals surface area contributed by atoms with Crippen LogP contribution in [-0.2, 0) is 11.3 Å². The minimum Gasteiger partial charge on any atom is -0.393 e. The molecule has 1 aromatic carbocycles. The molecule has 0 radical (unpaired) electrons. The summed E-state index contributed by atoms with van der Waals surface area (Å²) < 4.78 is 5.80. The number of ether oxygens (including phenoxy) is 1. The zero-order chi connectivity index (χ0) is 13.5. The van der Waals surface area contributed by atoms with Crippen LogP contribution in [0.4, 0.5) is 0 Å². The molecule has 0 spiro atoms. The normalized spacial score (nSPS) is 17.5. The van der Waals surface area contributed by atoms with Gasteiger partial charge in [-0.05, 0) is 18.4 Å². The van der Waals surface area contributed by atoms with E-state index < -0.39 is 0 Å². The molecule has 1 aromatic rings. The summed E-state index contributed by atoms with van der Waals surface area (Å²) in [5.74, 6) is 0. The van der Waals surface area contributed by atoms with Gasteiger partial charge in [-0.25, -0.2) is 0 Å². The monoisotopic (exact) mass is 278 g/mol. The fourth-order valence-electron chi connectivity index (χ4n) is 2.40. The van der Waals surface area contributed by atoms with Crippen LogP contribution in [0.3, 0.4) is 0 Å². The number of likely N-dealkylation sites (tertiary alicyclic amines) is 1. The molecular formula is C15H22N2OS. The van der Waals surface area contributed by atoms with Gasteiger partial charge in [0.15, 0.2) is 0 Å². The van der Waals surface area contributed by atoms with Crippen molar-refractivity contribution in [2.45, 2.75) is 31.9 Å². The molecule has 0 atom stereocenters. The largest absolute Gasteiger partial charge is 0.393 e. The Morgan fingerprint density at radius 1 is 1.26 bits per heavy atom. The van der Waals surface area contributed by atoms with Crippen molar-refractivity contribution in [3.63, 3.8) is 0 Å². The molecule has 1 heterocycles. The summed E-state index contributed by atoms with van der Waals surface area (Å²) in [6.45, 7) is 3.92. The number of nitrogens with two attached hydrogens (primary N) is 1. The average molecular weight is 278 g/mol. The number of rotatable bonds is 6. The summed E-state index contributed by atoms with van der Waals surface area (Å²) in [6, 6.07) is 10.6. The predicted octanol–water partition coefficient (Wildman–Crippen LogP) is 2.34. The summed E-state index contributed by atoms with van der Waals surface area (Å²) in [5, 5.41) is 0. The molecule has 1 aliphatic rings. The van der Waals surface area contributed by atoms with E-state index >= 15 is 0 Å². The van der Waals surface area contributed by atoms with Crippen LogP contribution in [0.1, 0.15) is 24.8 Å². The van der Waals surface area contributed by atoms with Gasteiger partial charge in [0.05, 0.1) is 17.7 Å². The van der Waals surface area contributed by atoms with Gasteiger partial charge in [-0.1, -0.05) is 42.5 Å². The first-order chi connectivity index (χ1) is 9.24. The Balaban J connectivity index is 1.66. The van der Waals surface area contributed by atoms with Crippen molar-refractivity contribution in [1.82, 2.24) is 4.90 Å². The lowest BCUT2D eigenvalue weighted by molar-refractivity contribution is 0.00936. The minimum atomic E-state index is 0.376. The van der Waals surface area contributed by atoms with Crippen molar-refractivity contribution in [1.29, 1.82) is 0 Å². The fraction of sp³-hybridized carbons (Fsp3) is 0.533. The topological polar surface area (TPSA) is 38.5 Å². The van der Waals surface area contributed by atoms with E-state index in [0.29, 0.717) is 24.1 Å². The maximum atomic E-state index is 5.80. The molecule has 0 saturated carbocycles. The van der Waals surface area contributed by atoms with Gasteiger partial charge in [-0.2, -0.15) is 0 Å². The minimum absolute atomic E-state index is 0.376. The molecule has 0 aromatic heterocycles. The average Bonchev–Trinajstić information content (AvgIpc) is 2.42. The summed E-state index contributed by atoms with van der Waals surface area (Å²) in [4.78, 5) is 3.03. The van der Waals surface area contributed by atoms with Crippen LogP contribution in [0, 0.1) is 0 Å². The molecule has 0 aliphatic carbocycles. The zero-order valence-corrected chi connectivity index (χ0v) is 12.1. The molecule has 0 unspecified atom stereocenters. The summed E-state index contributed by atoms with van der Waals surface area (Å²) in [5.41, 5.74) is 6.84. The zero-order valence-electron chi connectivity index (χ0n) is 11.3. The third kappa shape index (κ3) is 5.27. The van der Waals surface area contributed by atoms with Crippen LogP contribution >= 0.6 is 12.2 Å². The van der Waals surface area contributed by atoms with Crippen LogP contribution in [-0.4, -0.2) is 35.7 Å². The Morgan fingerprint density at radius 3 is 2.58 bits per heavy atom. The van der Waals surface area contributed by atoms with Crippen molar-refractivity contribution in [2.24, 2.45) is 5.73 Å². The van der Waals surface area contributed by atoms with E-state index in [-0.39, 0.29) is 0 Å². The quantitative estimate of drug-likeness (QED) is 0.811. The van der Waals surface area contributed by atoms with E-state index in [9.17, 15) is 0 Å². The van der Waals surface area contributed by atoms with Gasteiger partial charge < -0.3 is 10.5 Å². The highest BCUT2D eigenvalue weighted by Gasteiger charge is 2.19. The second-order valence-corrected chi connectivity index (χ2v) is 5.57. The van der Waals surface area contributed by atoms with E-state index in [1.807, 2.05) is 0 Å². The Kier molecular flexibility index (Phi) is 5.76. The van der Waals surface area contributed by atoms with Crippen LogP contribution in [0.25, 0.3) is 0 Å². The number of nitrogens with zero attached hydrogens (tertiary/aromatic N) is 1. The van der Waals surface area contributed by atoms with Crippen molar-refractivity contribution in [2.75, 3.05) is 19.7 Å². The first-order valence-corrected chi connectivity index (χ1v) is 7.31. The van der Waals surface area contributed by atoms with Gasteiger partial charge >= 0.3 is 0 Å². The standard InChI is InChI=1S/C15H22N2OS/c16-15(19)8-11-18-14-6-9-17(10-7-14)12-13-4-2-1-3-5-13/h1-5,14H,6-12H2,(H2,16,19). The van der Waals surface area contributed by atoms with Crippen molar-refractivity contribution < 1.29 is 4.74 Å². The van der Waals surface area contributed by atoms with Gasteiger partial charge in [0.2, 0.25) is 0 Å². The fourth-order valence-corrected chi connectivity index (χ4v) is 2.49. The third-order valence-corrected chi connectivity index (χ3v) is 3.69. The number of hydrogen-bond acceptors (Lipinski definition) is 3. The van der Waals surface area contributed by atoms with Crippen LogP contribution in [0.15, 0.2) is 30.3 Å². The van der Waals surface area contributed by atoms with Gasteiger partial charge in [0, 0.05) is 26.1 Å². The van der Waals surface area contributed by atoms with E-state index in [1.54, 1.807) is 0 Å². The lowest BCUT2D eigenvalue weighted by Crippen LogP contribution is -2.36. The van der Waals surface area contributed by atoms with E-state index in [1.165, 1.54) is 5.56 Å². The Labute approximate surface area is 120 Å².